The molecule has 0 aromatic heterocycles. The second-order valence-corrected chi connectivity index (χ2v) is 6.15. The lowest BCUT2D eigenvalue weighted by Gasteiger charge is -2.29. The highest BCUT2D eigenvalue weighted by Crippen LogP contribution is 2.26. The molecule has 20 heavy (non-hydrogen) atoms. The maximum Gasteiger partial charge on any atom is 0.222 e. The standard InChI is InChI=1S/C17H26N2O/c1-13-7-9-14(10-8-13)12-19(2)17(20)11-15-5-3-4-6-16(15)18/h7-10,15-16H,3-6,11-12,18H2,1-2H3. The minimum Gasteiger partial charge on any atom is -0.341 e. The maximum atomic E-state index is 12.3. The molecular weight excluding hydrogens is 248 g/mol. The number of rotatable bonds is 4. The van der Waals surface area contributed by atoms with Crippen molar-refractivity contribution in [3.63, 3.8) is 0 Å². The Labute approximate surface area is 122 Å². The summed E-state index contributed by atoms with van der Waals surface area (Å²) in [4.78, 5) is 14.1. The highest BCUT2D eigenvalue weighted by atomic mass is 16.2. The van der Waals surface area contributed by atoms with Gasteiger partial charge in [0.1, 0.15) is 0 Å². The van der Waals surface area contributed by atoms with E-state index in [1.165, 1.54) is 24.0 Å². The lowest BCUT2D eigenvalue weighted by atomic mass is 9.83. The van der Waals surface area contributed by atoms with E-state index < -0.39 is 0 Å². The van der Waals surface area contributed by atoms with Gasteiger partial charge in [-0.3, -0.25) is 4.79 Å². The van der Waals surface area contributed by atoms with Gasteiger partial charge in [-0.25, -0.2) is 0 Å². The maximum absolute atomic E-state index is 12.3. The number of hydrogen-bond donors (Lipinski definition) is 1. The van der Waals surface area contributed by atoms with Gasteiger partial charge < -0.3 is 10.6 Å². The number of aryl methyl sites for hydroxylation is 1. The second kappa shape index (κ2) is 6.89. The molecule has 1 aromatic carbocycles. The summed E-state index contributed by atoms with van der Waals surface area (Å²) in [5.74, 6) is 0.588. The molecule has 2 unspecified atom stereocenters. The van der Waals surface area contributed by atoms with Gasteiger partial charge in [0.15, 0.2) is 0 Å². The molecule has 0 saturated heterocycles. The topological polar surface area (TPSA) is 46.3 Å². The Balaban J connectivity index is 1.86. The second-order valence-electron chi connectivity index (χ2n) is 6.15. The minimum absolute atomic E-state index is 0.209. The predicted octanol–water partition coefficient (Wildman–Crippen LogP) is 2.86. The van der Waals surface area contributed by atoms with Crippen LogP contribution in [0.15, 0.2) is 24.3 Å². The van der Waals surface area contributed by atoms with Crippen LogP contribution < -0.4 is 5.73 Å². The van der Waals surface area contributed by atoms with Crippen LogP contribution in [0.5, 0.6) is 0 Å². The van der Waals surface area contributed by atoms with E-state index in [9.17, 15) is 4.79 Å². The van der Waals surface area contributed by atoms with Crippen molar-refractivity contribution in [2.75, 3.05) is 7.05 Å². The molecular formula is C17H26N2O. The molecule has 2 N–H and O–H groups in total. The van der Waals surface area contributed by atoms with Gasteiger partial charge in [-0.2, -0.15) is 0 Å². The zero-order chi connectivity index (χ0) is 14.5. The van der Waals surface area contributed by atoms with Crippen LogP contribution in [0.25, 0.3) is 0 Å². The first kappa shape index (κ1) is 15.0. The number of carbonyl (C=O) groups excluding carboxylic acids is 1. The summed E-state index contributed by atoms with van der Waals surface area (Å²) in [5.41, 5.74) is 8.55. The number of benzene rings is 1. The molecule has 1 fully saturated rings. The van der Waals surface area contributed by atoms with E-state index in [0.717, 1.165) is 12.8 Å². The molecule has 0 bridgehead atoms. The third-order valence-electron chi connectivity index (χ3n) is 4.37. The molecule has 2 atom stereocenters. The average Bonchev–Trinajstić information content (AvgIpc) is 2.44. The van der Waals surface area contributed by atoms with Crippen molar-refractivity contribution in [2.45, 2.75) is 51.6 Å². The molecule has 110 valence electrons. The molecule has 0 radical (unpaired) electrons. The van der Waals surface area contributed by atoms with Crippen molar-refractivity contribution in [3.05, 3.63) is 35.4 Å². The van der Waals surface area contributed by atoms with E-state index in [1.54, 1.807) is 0 Å². The number of carbonyl (C=O) groups is 1. The van der Waals surface area contributed by atoms with Crippen LogP contribution in [0.1, 0.15) is 43.2 Å². The Morgan fingerprint density at radius 2 is 1.90 bits per heavy atom. The molecule has 0 heterocycles. The molecule has 1 saturated carbocycles. The largest absolute Gasteiger partial charge is 0.341 e. The average molecular weight is 274 g/mol. The van der Waals surface area contributed by atoms with Gasteiger partial charge in [0.2, 0.25) is 5.91 Å². The fourth-order valence-electron chi connectivity index (χ4n) is 2.93. The SMILES string of the molecule is Cc1ccc(CN(C)C(=O)CC2CCCCC2N)cc1. The van der Waals surface area contributed by atoms with Crippen molar-refractivity contribution in [1.82, 2.24) is 4.90 Å². The van der Waals surface area contributed by atoms with E-state index in [0.29, 0.717) is 18.9 Å². The summed E-state index contributed by atoms with van der Waals surface area (Å²) in [6.07, 6.45) is 5.20. The quantitative estimate of drug-likeness (QED) is 0.917. The normalized spacial score (nSPS) is 22.6. The summed E-state index contributed by atoms with van der Waals surface area (Å²) in [7, 11) is 1.89. The third kappa shape index (κ3) is 4.07. The van der Waals surface area contributed by atoms with Gasteiger partial charge in [-0.1, -0.05) is 42.7 Å². The lowest BCUT2D eigenvalue weighted by Crippen LogP contribution is -2.37. The fourth-order valence-corrected chi connectivity index (χ4v) is 2.93. The van der Waals surface area contributed by atoms with Crippen LogP contribution in [-0.4, -0.2) is 23.9 Å². The number of nitrogens with two attached hydrogens (primary N) is 1. The van der Waals surface area contributed by atoms with Gasteiger partial charge in [-0.15, -0.1) is 0 Å². The van der Waals surface area contributed by atoms with E-state index in [-0.39, 0.29) is 11.9 Å². The zero-order valence-corrected chi connectivity index (χ0v) is 12.6. The highest BCUT2D eigenvalue weighted by molar-refractivity contribution is 5.76. The van der Waals surface area contributed by atoms with E-state index in [4.69, 9.17) is 5.73 Å². The van der Waals surface area contributed by atoms with E-state index in [2.05, 4.69) is 31.2 Å². The van der Waals surface area contributed by atoms with Gasteiger partial charge in [0.05, 0.1) is 0 Å². The molecule has 1 aliphatic carbocycles. The van der Waals surface area contributed by atoms with Crippen molar-refractivity contribution in [1.29, 1.82) is 0 Å². The van der Waals surface area contributed by atoms with Crippen molar-refractivity contribution in [3.8, 4) is 0 Å². The predicted molar refractivity (Wildman–Crippen MR) is 82.2 cm³/mol. The van der Waals surface area contributed by atoms with Gasteiger partial charge >= 0.3 is 0 Å². The van der Waals surface area contributed by atoms with Crippen LogP contribution in [0.3, 0.4) is 0 Å². The number of nitrogens with zero attached hydrogens (tertiary/aromatic N) is 1. The monoisotopic (exact) mass is 274 g/mol. The first-order valence-corrected chi connectivity index (χ1v) is 7.61. The Hall–Kier alpha value is -1.35. The Morgan fingerprint density at radius 3 is 2.55 bits per heavy atom. The molecule has 2 rings (SSSR count). The Kier molecular flexibility index (Phi) is 5.18. The Bertz CT molecular complexity index is 441. The molecule has 3 nitrogen and oxygen atoms in total. The molecule has 1 aliphatic rings. The summed E-state index contributed by atoms with van der Waals surface area (Å²) in [6, 6.07) is 8.56. The summed E-state index contributed by atoms with van der Waals surface area (Å²) >= 11 is 0. The summed E-state index contributed by atoms with van der Waals surface area (Å²) in [6.45, 7) is 2.75. The zero-order valence-electron chi connectivity index (χ0n) is 12.6. The first-order chi connectivity index (χ1) is 9.56. The molecule has 1 aromatic rings. The van der Waals surface area contributed by atoms with Gasteiger partial charge in [0, 0.05) is 26.1 Å². The first-order valence-electron chi connectivity index (χ1n) is 7.61. The third-order valence-corrected chi connectivity index (χ3v) is 4.37. The lowest BCUT2D eigenvalue weighted by molar-refractivity contribution is -0.131. The summed E-state index contributed by atoms with van der Waals surface area (Å²) < 4.78 is 0. The van der Waals surface area contributed by atoms with Gasteiger partial charge in [-0.05, 0) is 31.2 Å². The number of hydrogen-bond acceptors (Lipinski definition) is 2. The van der Waals surface area contributed by atoms with E-state index in [1.807, 2.05) is 11.9 Å². The summed E-state index contributed by atoms with van der Waals surface area (Å²) in [5, 5.41) is 0. The molecule has 0 spiro atoms. The van der Waals surface area contributed by atoms with Gasteiger partial charge in [0.25, 0.3) is 0 Å². The van der Waals surface area contributed by atoms with Crippen LogP contribution in [0.2, 0.25) is 0 Å². The smallest absolute Gasteiger partial charge is 0.222 e. The Morgan fingerprint density at radius 1 is 1.25 bits per heavy atom. The van der Waals surface area contributed by atoms with Crippen LogP contribution >= 0.6 is 0 Å². The molecule has 1 amide bonds. The van der Waals surface area contributed by atoms with Crippen molar-refractivity contribution < 1.29 is 4.79 Å². The molecule has 3 heteroatoms. The highest BCUT2D eigenvalue weighted by Gasteiger charge is 2.25. The van der Waals surface area contributed by atoms with Crippen LogP contribution in [-0.2, 0) is 11.3 Å². The van der Waals surface area contributed by atoms with Crippen molar-refractivity contribution >= 4 is 5.91 Å². The van der Waals surface area contributed by atoms with Crippen LogP contribution in [0.4, 0.5) is 0 Å². The fraction of sp³-hybridized carbons (Fsp3) is 0.588. The van der Waals surface area contributed by atoms with Crippen LogP contribution in [0, 0.1) is 12.8 Å². The van der Waals surface area contributed by atoms with E-state index >= 15 is 0 Å². The molecule has 0 aliphatic heterocycles. The minimum atomic E-state index is 0.209. The van der Waals surface area contributed by atoms with Crippen molar-refractivity contribution in [2.24, 2.45) is 11.7 Å². The number of amides is 1.